The van der Waals surface area contributed by atoms with E-state index in [2.05, 4.69) is 15.3 Å². The molecule has 1 rings (SSSR count). The number of hydrogen-bond acceptors (Lipinski definition) is 4. The van der Waals surface area contributed by atoms with Crippen molar-refractivity contribution in [3.8, 4) is 0 Å². The molecule has 1 aromatic heterocycles. The summed E-state index contributed by atoms with van der Waals surface area (Å²) in [5.74, 6) is 0.807. The van der Waals surface area contributed by atoms with Crippen LogP contribution in [-0.4, -0.2) is 27.6 Å². The highest BCUT2D eigenvalue weighted by molar-refractivity contribution is 5.66. The Labute approximate surface area is 94.9 Å². The van der Waals surface area contributed by atoms with Crippen LogP contribution >= 0.6 is 0 Å². The van der Waals surface area contributed by atoms with Crippen molar-refractivity contribution in [1.82, 2.24) is 9.97 Å². The summed E-state index contributed by atoms with van der Waals surface area (Å²) in [7, 11) is 0. The van der Waals surface area contributed by atoms with Crippen LogP contribution in [0.5, 0.6) is 0 Å². The van der Waals surface area contributed by atoms with Gasteiger partial charge in [0.1, 0.15) is 11.6 Å². The van der Waals surface area contributed by atoms with Crippen LogP contribution < -0.4 is 5.32 Å². The smallest absolute Gasteiger partial charge is 0.303 e. The van der Waals surface area contributed by atoms with E-state index in [9.17, 15) is 4.79 Å². The summed E-state index contributed by atoms with van der Waals surface area (Å²) in [5.41, 5.74) is 0.931. The second-order valence-corrected chi connectivity index (χ2v) is 3.72. The number of aliphatic carboxylic acids is 1. The van der Waals surface area contributed by atoms with E-state index < -0.39 is 5.97 Å². The standard InChI is InChI=1S/C11H17N3O2/c1-8-7-10(14-9(2)13-8)12-6-4-3-5-11(15)16/h7H,3-6H2,1-2H3,(H,15,16)(H,12,13,14). The van der Waals surface area contributed by atoms with E-state index >= 15 is 0 Å². The second-order valence-electron chi connectivity index (χ2n) is 3.72. The van der Waals surface area contributed by atoms with Crippen LogP contribution in [0.4, 0.5) is 5.82 Å². The van der Waals surface area contributed by atoms with E-state index in [0.717, 1.165) is 30.3 Å². The van der Waals surface area contributed by atoms with E-state index in [0.29, 0.717) is 6.42 Å². The minimum absolute atomic E-state index is 0.226. The molecule has 0 amide bonds. The maximum absolute atomic E-state index is 10.3. The minimum Gasteiger partial charge on any atom is -0.481 e. The number of anilines is 1. The first-order chi connectivity index (χ1) is 7.58. The average molecular weight is 223 g/mol. The molecule has 2 N–H and O–H groups in total. The molecule has 16 heavy (non-hydrogen) atoms. The van der Waals surface area contributed by atoms with Crippen molar-refractivity contribution in [2.24, 2.45) is 0 Å². The van der Waals surface area contributed by atoms with Gasteiger partial charge < -0.3 is 10.4 Å². The van der Waals surface area contributed by atoms with Crippen molar-refractivity contribution >= 4 is 11.8 Å². The number of aromatic nitrogens is 2. The molecule has 0 spiro atoms. The third-order valence-corrected chi connectivity index (χ3v) is 2.09. The number of nitrogens with zero attached hydrogens (tertiary/aromatic N) is 2. The molecular weight excluding hydrogens is 206 g/mol. The molecule has 0 atom stereocenters. The van der Waals surface area contributed by atoms with E-state index in [-0.39, 0.29) is 6.42 Å². The Morgan fingerprint density at radius 1 is 1.38 bits per heavy atom. The monoisotopic (exact) mass is 223 g/mol. The number of hydrogen-bond donors (Lipinski definition) is 2. The Hall–Kier alpha value is -1.65. The molecule has 0 aliphatic heterocycles. The number of carboxylic acids is 1. The molecule has 0 aliphatic carbocycles. The van der Waals surface area contributed by atoms with E-state index in [1.165, 1.54) is 0 Å². The Morgan fingerprint density at radius 3 is 2.75 bits per heavy atom. The summed E-state index contributed by atoms with van der Waals surface area (Å²) < 4.78 is 0. The zero-order valence-corrected chi connectivity index (χ0v) is 9.66. The van der Waals surface area contributed by atoms with Crippen LogP contribution in [0.15, 0.2) is 6.07 Å². The Balaban J connectivity index is 2.29. The SMILES string of the molecule is Cc1cc(NCCCCC(=O)O)nc(C)n1. The van der Waals surface area contributed by atoms with Gasteiger partial charge in [0.15, 0.2) is 0 Å². The highest BCUT2D eigenvalue weighted by Gasteiger charge is 1.99. The Kier molecular flexibility index (Phi) is 4.69. The number of carboxylic acid groups (broad SMARTS) is 1. The van der Waals surface area contributed by atoms with Gasteiger partial charge in [-0.15, -0.1) is 0 Å². The molecule has 0 unspecified atom stereocenters. The van der Waals surface area contributed by atoms with E-state index in [1.807, 2.05) is 19.9 Å². The molecule has 5 heteroatoms. The van der Waals surface area contributed by atoms with Gasteiger partial charge >= 0.3 is 5.97 Å². The fourth-order valence-corrected chi connectivity index (χ4v) is 1.43. The number of unbranched alkanes of at least 4 members (excludes halogenated alkanes) is 1. The highest BCUT2D eigenvalue weighted by Crippen LogP contribution is 2.06. The summed E-state index contributed by atoms with van der Waals surface area (Å²) >= 11 is 0. The molecule has 5 nitrogen and oxygen atoms in total. The van der Waals surface area contributed by atoms with Crippen LogP contribution in [0.25, 0.3) is 0 Å². The molecule has 0 aliphatic rings. The summed E-state index contributed by atoms with van der Waals surface area (Å²) in [6.45, 7) is 4.51. The molecule has 0 saturated carbocycles. The van der Waals surface area contributed by atoms with Gasteiger partial charge in [0.05, 0.1) is 0 Å². The Bertz CT molecular complexity index is 346. The van der Waals surface area contributed by atoms with E-state index in [1.54, 1.807) is 0 Å². The summed E-state index contributed by atoms with van der Waals surface area (Å²) in [6.07, 6.45) is 1.74. The predicted molar refractivity (Wildman–Crippen MR) is 61.5 cm³/mol. The fraction of sp³-hybridized carbons (Fsp3) is 0.545. The molecule has 0 saturated heterocycles. The lowest BCUT2D eigenvalue weighted by Crippen LogP contribution is -2.06. The third kappa shape index (κ3) is 4.72. The van der Waals surface area contributed by atoms with Crippen molar-refractivity contribution in [2.45, 2.75) is 33.1 Å². The molecular formula is C11H17N3O2. The number of carbonyl (C=O) groups is 1. The first-order valence-corrected chi connectivity index (χ1v) is 5.36. The first-order valence-electron chi connectivity index (χ1n) is 5.36. The van der Waals surface area contributed by atoms with Gasteiger partial charge in [-0.05, 0) is 26.7 Å². The van der Waals surface area contributed by atoms with Crippen molar-refractivity contribution < 1.29 is 9.90 Å². The third-order valence-electron chi connectivity index (χ3n) is 2.09. The molecule has 1 aromatic rings. The molecule has 0 radical (unpaired) electrons. The summed E-state index contributed by atoms with van der Waals surface area (Å²) in [6, 6.07) is 1.88. The van der Waals surface area contributed by atoms with Crippen LogP contribution in [0.2, 0.25) is 0 Å². The normalized spacial score (nSPS) is 10.1. The first kappa shape index (κ1) is 12.4. The lowest BCUT2D eigenvalue weighted by Gasteiger charge is -2.06. The lowest BCUT2D eigenvalue weighted by atomic mass is 10.2. The summed E-state index contributed by atoms with van der Waals surface area (Å²) in [4.78, 5) is 18.7. The van der Waals surface area contributed by atoms with Crippen molar-refractivity contribution in [1.29, 1.82) is 0 Å². The van der Waals surface area contributed by atoms with Gasteiger partial charge in [0, 0.05) is 24.7 Å². The zero-order chi connectivity index (χ0) is 12.0. The highest BCUT2D eigenvalue weighted by atomic mass is 16.4. The maximum atomic E-state index is 10.3. The Morgan fingerprint density at radius 2 is 2.12 bits per heavy atom. The van der Waals surface area contributed by atoms with Gasteiger partial charge in [-0.1, -0.05) is 0 Å². The number of nitrogens with one attached hydrogen (secondary N) is 1. The largest absolute Gasteiger partial charge is 0.481 e. The van der Waals surface area contributed by atoms with E-state index in [4.69, 9.17) is 5.11 Å². The minimum atomic E-state index is -0.742. The topological polar surface area (TPSA) is 75.1 Å². The van der Waals surface area contributed by atoms with Crippen molar-refractivity contribution in [3.63, 3.8) is 0 Å². The molecule has 1 heterocycles. The molecule has 0 aromatic carbocycles. The quantitative estimate of drug-likeness (QED) is 0.719. The maximum Gasteiger partial charge on any atom is 0.303 e. The van der Waals surface area contributed by atoms with Gasteiger partial charge in [0.2, 0.25) is 0 Å². The van der Waals surface area contributed by atoms with Crippen LogP contribution in [0.1, 0.15) is 30.8 Å². The van der Waals surface area contributed by atoms with Crippen LogP contribution in [0.3, 0.4) is 0 Å². The van der Waals surface area contributed by atoms with Crippen molar-refractivity contribution in [3.05, 3.63) is 17.6 Å². The van der Waals surface area contributed by atoms with Crippen molar-refractivity contribution in [2.75, 3.05) is 11.9 Å². The van der Waals surface area contributed by atoms with Gasteiger partial charge in [-0.25, -0.2) is 9.97 Å². The predicted octanol–water partition coefficient (Wildman–Crippen LogP) is 1.76. The van der Waals surface area contributed by atoms with Crippen LogP contribution in [0, 0.1) is 13.8 Å². The lowest BCUT2D eigenvalue weighted by molar-refractivity contribution is -0.137. The fourth-order valence-electron chi connectivity index (χ4n) is 1.43. The number of aryl methyl sites for hydroxylation is 2. The van der Waals surface area contributed by atoms with Gasteiger partial charge in [0.25, 0.3) is 0 Å². The molecule has 0 bridgehead atoms. The van der Waals surface area contributed by atoms with Gasteiger partial charge in [-0.3, -0.25) is 4.79 Å². The molecule has 0 fully saturated rings. The zero-order valence-electron chi connectivity index (χ0n) is 9.66. The average Bonchev–Trinajstić information content (AvgIpc) is 2.15. The van der Waals surface area contributed by atoms with Gasteiger partial charge in [-0.2, -0.15) is 0 Å². The number of rotatable bonds is 6. The molecule has 88 valence electrons. The second kappa shape index (κ2) is 6.05. The van der Waals surface area contributed by atoms with Crippen LogP contribution in [-0.2, 0) is 4.79 Å². The summed E-state index contributed by atoms with van der Waals surface area (Å²) in [5, 5.41) is 11.6.